The van der Waals surface area contributed by atoms with Crippen LogP contribution < -0.4 is 0 Å². The highest BCUT2D eigenvalue weighted by atomic mass is 28.4. The Hall–Kier alpha value is -0.288. The molecular formula is C16H30BNO2Si. The number of carbonyl (C=O) groups excluding carboxylic acids is 1. The average Bonchev–Trinajstić information content (AvgIpc) is 2.74. The van der Waals surface area contributed by atoms with Crippen molar-refractivity contribution in [1.29, 1.82) is 0 Å². The third kappa shape index (κ3) is 3.55. The van der Waals surface area contributed by atoms with Crippen LogP contribution in [0.2, 0.25) is 18.1 Å². The van der Waals surface area contributed by atoms with Crippen LogP contribution in [0.3, 0.4) is 0 Å². The van der Waals surface area contributed by atoms with Crippen LogP contribution in [0.4, 0.5) is 4.79 Å². The molecule has 21 heavy (non-hydrogen) atoms. The van der Waals surface area contributed by atoms with Gasteiger partial charge in [-0.2, -0.15) is 0 Å². The molecule has 118 valence electrons. The largest absolute Gasteiger partial charge is 0.415 e. The highest BCUT2D eigenvalue weighted by molar-refractivity contribution is 6.74. The van der Waals surface area contributed by atoms with Crippen molar-refractivity contribution < 1.29 is 9.22 Å². The molecule has 1 saturated carbocycles. The maximum absolute atomic E-state index is 11.8. The van der Waals surface area contributed by atoms with Gasteiger partial charge in [0.25, 0.3) is 0 Å². The summed E-state index contributed by atoms with van der Waals surface area (Å²) in [6, 6.07) is 0.196. The number of hydrogen-bond acceptors (Lipinski definition) is 2. The van der Waals surface area contributed by atoms with Crippen molar-refractivity contribution in [2.24, 2.45) is 11.8 Å². The Kier molecular flexibility index (Phi) is 4.94. The van der Waals surface area contributed by atoms with E-state index in [0.717, 1.165) is 6.54 Å². The highest BCUT2D eigenvalue weighted by Crippen LogP contribution is 2.42. The van der Waals surface area contributed by atoms with Gasteiger partial charge in [-0.25, -0.2) is 0 Å². The van der Waals surface area contributed by atoms with Crippen LogP contribution in [-0.2, 0) is 4.43 Å². The Morgan fingerprint density at radius 3 is 2.48 bits per heavy atom. The summed E-state index contributed by atoms with van der Waals surface area (Å²) in [4.78, 5) is 13.7. The first-order valence-electron chi connectivity index (χ1n) is 8.33. The number of carbonyl (C=O) groups is 1. The summed E-state index contributed by atoms with van der Waals surface area (Å²) in [6.45, 7) is 12.8. The predicted octanol–water partition coefficient (Wildman–Crippen LogP) is 3.79. The average molecular weight is 307 g/mol. The zero-order chi connectivity index (χ0) is 15.8. The number of fused-ring (bicyclic) bond motifs is 1. The van der Waals surface area contributed by atoms with Crippen molar-refractivity contribution in [2.75, 3.05) is 13.2 Å². The first kappa shape index (κ1) is 17.1. The van der Waals surface area contributed by atoms with Crippen LogP contribution in [0, 0.1) is 11.8 Å². The number of hydrogen-bond donors (Lipinski definition) is 0. The smallest absolute Gasteiger partial charge is 0.200 e. The van der Waals surface area contributed by atoms with E-state index in [2.05, 4.69) is 33.9 Å². The minimum Gasteiger partial charge on any atom is -0.415 e. The number of rotatable bonds is 3. The van der Waals surface area contributed by atoms with E-state index in [-0.39, 0.29) is 16.9 Å². The third-order valence-corrected chi connectivity index (χ3v) is 10.5. The third-order valence-electron chi connectivity index (χ3n) is 6.00. The molecule has 3 nitrogen and oxygen atoms in total. The first-order chi connectivity index (χ1) is 9.63. The molecule has 0 aromatic rings. The van der Waals surface area contributed by atoms with Crippen LogP contribution in [0.25, 0.3) is 0 Å². The molecule has 2 fully saturated rings. The van der Waals surface area contributed by atoms with Crippen LogP contribution in [-0.4, -0.2) is 46.1 Å². The predicted molar refractivity (Wildman–Crippen MR) is 90.2 cm³/mol. The van der Waals surface area contributed by atoms with Gasteiger partial charge in [-0.05, 0) is 42.8 Å². The molecular weight excluding hydrogens is 277 g/mol. The monoisotopic (exact) mass is 307 g/mol. The van der Waals surface area contributed by atoms with Gasteiger partial charge in [0.05, 0.1) is 12.6 Å². The fourth-order valence-electron chi connectivity index (χ4n) is 3.57. The summed E-state index contributed by atoms with van der Waals surface area (Å²) in [5, 5.41) is 0.203. The fourth-order valence-corrected chi connectivity index (χ4v) is 4.59. The molecule has 2 unspecified atom stereocenters. The van der Waals surface area contributed by atoms with Crippen LogP contribution in [0.15, 0.2) is 0 Å². The summed E-state index contributed by atoms with van der Waals surface area (Å²) >= 11 is 0. The molecule has 1 aliphatic heterocycles. The molecule has 1 amide bonds. The van der Waals surface area contributed by atoms with E-state index in [0.29, 0.717) is 18.4 Å². The lowest BCUT2D eigenvalue weighted by Crippen LogP contribution is -2.47. The van der Waals surface area contributed by atoms with E-state index in [1.807, 2.05) is 4.90 Å². The first-order valence-corrected chi connectivity index (χ1v) is 11.2. The fraction of sp³-hybridized carbons (Fsp3) is 0.938. The zero-order valence-electron chi connectivity index (χ0n) is 14.3. The van der Waals surface area contributed by atoms with E-state index >= 15 is 0 Å². The summed E-state index contributed by atoms with van der Waals surface area (Å²) in [7, 11) is 3.84. The minimum atomic E-state index is -1.77. The van der Waals surface area contributed by atoms with Gasteiger partial charge in [0.1, 0.15) is 0 Å². The minimum absolute atomic E-state index is 0.196. The van der Waals surface area contributed by atoms with Gasteiger partial charge in [0.15, 0.2) is 14.1 Å². The molecule has 1 saturated heterocycles. The Labute approximate surface area is 132 Å². The molecule has 2 aliphatic rings. The standard InChI is InChI=1S/C16H30BNO2Si/c1-16(2,3)21(4,5)20-11-14-13-9-7-6-8-12(13)10-18(14)15(17)19/h12-14H,6-11H2,1-5H3/t12?,13?,14-/m1/s1. The maximum Gasteiger partial charge on any atom is 0.200 e. The summed E-state index contributed by atoms with van der Waals surface area (Å²) < 4.78 is 6.40. The van der Waals surface area contributed by atoms with Crippen molar-refractivity contribution in [2.45, 2.75) is 70.6 Å². The number of nitrogens with zero attached hydrogens (tertiary/aromatic N) is 1. The molecule has 0 aromatic heterocycles. The van der Waals surface area contributed by atoms with Gasteiger partial charge in [0.2, 0.25) is 7.85 Å². The van der Waals surface area contributed by atoms with E-state index in [9.17, 15) is 4.79 Å². The van der Waals surface area contributed by atoms with Crippen molar-refractivity contribution in [3.05, 3.63) is 0 Å². The normalized spacial score (nSPS) is 30.3. The molecule has 2 radical (unpaired) electrons. The van der Waals surface area contributed by atoms with Gasteiger partial charge in [-0.3, -0.25) is 4.79 Å². The number of amides is 1. The van der Waals surface area contributed by atoms with Crippen molar-refractivity contribution in [1.82, 2.24) is 4.90 Å². The van der Waals surface area contributed by atoms with Crippen LogP contribution in [0.5, 0.6) is 0 Å². The Morgan fingerprint density at radius 1 is 1.29 bits per heavy atom. The van der Waals surface area contributed by atoms with Crippen molar-refractivity contribution >= 4 is 22.0 Å². The molecule has 3 atom stereocenters. The maximum atomic E-state index is 11.8. The highest BCUT2D eigenvalue weighted by Gasteiger charge is 2.45. The van der Waals surface area contributed by atoms with E-state index in [1.165, 1.54) is 25.7 Å². The molecule has 5 heteroatoms. The van der Waals surface area contributed by atoms with Gasteiger partial charge >= 0.3 is 0 Å². The number of likely N-dealkylation sites (tertiary alicyclic amines) is 1. The summed E-state index contributed by atoms with van der Waals surface area (Å²) in [5.74, 6) is 0.962. The van der Waals surface area contributed by atoms with Gasteiger partial charge in [-0.1, -0.05) is 33.6 Å². The van der Waals surface area contributed by atoms with Gasteiger partial charge in [-0.15, -0.1) is 0 Å². The van der Waals surface area contributed by atoms with Gasteiger partial charge in [0, 0.05) is 6.54 Å². The topological polar surface area (TPSA) is 29.5 Å². The quantitative estimate of drug-likeness (QED) is 0.743. The second kappa shape index (κ2) is 6.07. The van der Waals surface area contributed by atoms with E-state index < -0.39 is 8.32 Å². The van der Waals surface area contributed by atoms with E-state index in [4.69, 9.17) is 12.3 Å². The SMILES string of the molecule is [B]C(=O)N1CC2CCCCC2[C@H]1CO[Si](C)(C)C(C)(C)C. The molecule has 0 spiro atoms. The summed E-state index contributed by atoms with van der Waals surface area (Å²) in [5.41, 5.74) is 0. The Bertz CT molecular complexity index is 394. The summed E-state index contributed by atoms with van der Waals surface area (Å²) in [6.07, 6.45) is 5.04. The molecule has 1 aliphatic carbocycles. The zero-order valence-corrected chi connectivity index (χ0v) is 15.3. The van der Waals surface area contributed by atoms with Crippen LogP contribution in [0.1, 0.15) is 46.5 Å². The molecule has 2 rings (SSSR count). The van der Waals surface area contributed by atoms with Crippen molar-refractivity contribution in [3.8, 4) is 0 Å². The Morgan fingerprint density at radius 2 is 1.90 bits per heavy atom. The molecule has 0 aromatic carbocycles. The lowest BCUT2D eigenvalue weighted by atomic mass is 9.79. The molecule has 1 heterocycles. The molecule has 0 N–H and O–H groups in total. The van der Waals surface area contributed by atoms with Crippen molar-refractivity contribution in [3.63, 3.8) is 0 Å². The molecule has 0 bridgehead atoms. The second-order valence-corrected chi connectivity index (χ2v) is 13.1. The van der Waals surface area contributed by atoms with Crippen LogP contribution >= 0.6 is 0 Å². The lowest BCUT2D eigenvalue weighted by molar-refractivity contribution is 0.146. The lowest BCUT2D eigenvalue weighted by Gasteiger charge is -2.39. The second-order valence-electron chi connectivity index (χ2n) is 8.34. The van der Waals surface area contributed by atoms with E-state index in [1.54, 1.807) is 0 Å². The Balaban J connectivity index is 2.06. The van der Waals surface area contributed by atoms with Gasteiger partial charge < -0.3 is 9.33 Å².